The molecule has 1 aliphatic heterocycles. The van der Waals surface area contributed by atoms with Gasteiger partial charge in [0.15, 0.2) is 11.0 Å². The minimum absolute atomic E-state index is 0.0645. The normalized spacial score (nSPS) is 14.1. The maximum absolute atomic E-state index is 14.0. The highest BCUT2D eigenvalue weighted by Gasteiger charge is 2.23. The van der Waals surface area contributed by atoms with Crippen molar-refractivity contribution in [3.8, 4) is 11.4 Å². The summed E-state index contributed by atoms with van der Waals surface area (Å²) >= 11 is 1.41. The first kappa shape index (κ1) is 21.3. The fourth-order valence-corrected chi connectivity index (χ4v) is 4.53. The number of anilines is 1. The van der Waals surface area contributed by atoms with Gasteiger partial charge in [0.2, 0.25) is 5.91 Å². The van der Waals surface area contributed by atoms with Crippen LogP contribution < -0.4 is 4.90 Å². The Morgan fingerprint density at radius 2 is 1.81 bits per heavy atom. The fraction of sp³-hybridized carbons (Fsp3) is 0.364. The molecule has 0 N–H and O–H groups in total. The molecular formula is C22H25FN6OS. The van der Waals surface area contributed by atoms with Crippen molar-refractivity contribution >= 4 is 23.4 Å². The molecule has 0 unspecified atom stereocenters. The minimum atomic E-state index is -0.224. The first-order valence-corrected chi connectivity index (χ1v) is 11.4. The van der Waals surface area contributed by atoms with Crippen molar-refractivity contribution < 1.29 is 9.18 Å². The molecule has 9 heteroatoms. The van der Waals surface area contributed by atoms with Crippen LogP contribution in [0.2, 0.25) is 0 Å². The lowest BCUT2D eigenvalue weighted by Gasteiger charge is -2.36. The number of thioether (sulfide) groups is 1. The van der Waals surface area contributed by atoms with Gasteiger partial charge in [-0.25, -0.2) is 4.39 Å². The summed E-state index contributed by atoms with van der Waals surface area (Å²) in [4.78, 5) is 20.7. The summed E-state index contributed by atoms with van der Waals surface area (Å²) in [7, 11) is 0. The van der Waals surface area contributed by atoms with Crippen molar-refractivity contribution in [1.82, 2.24) is 24.6 Å². The Labute approximate surface area is 185 Å². The Morgan fingerprint density at radius 1 is 1.06 bits per heavy atom. The van der Waals surface area contributed by atoms with Crippen molar-refractivity contribution in [2.75, 3.05) is 36.8 Å². The van der Waals surface area contributed by atoms with Crippen LogP contribution in [0.4, 0.5) is 10.1 Å². The Kier molecular flexibility index (Phi) is 6.81. The predicted octanol–water partition coefficient (Wildman–Crippen LogP) is 3.33. The van der Waals surface area contributed by atoms with Crippen molar-refractivity contribution in [2.24, 2.45) is 0 Å². The molecule has 4 rings (SSSR count). The maximum Gasteiger partial charge on any atom is 0.233 e. The Morgan fingerprint density at radius 3 is 2.52 bits per heavy atom. The molecule has 1 aromatic carbocycles. The average molecular weight is 441 g/mol. The largest absolute Gasteiger partial charge is 0.366 e. The van der Waals surface area contributed by atoms with Gasteiger partial charge in [-0.1, -0.05) is 30.8 Å². The van der Waals surface area contributed by atoms with E-state index < -0.39 is 0 Å². The van der Waals surface area contributed by atoms with Crippen molar-refractivity contribution in [1.29, 1.82) is 0 Å². The number of rotatable bonds is 7. The van der Waals surface area contributed by atoms with Gasteiger partial charge in [0, 0.05) is 50.7 Å². The second kappa shape index (κ2) is 9.91. The molecule has 162 valence electrons. The van der Waals surface area contributed by atoms with E-state index >= 15 is 0 Å². The van der Waals surface area contributed by atoms with Gasteiger partial charge in [0.05, 0.1) is 11.4 Å². The summed E-state index contributed by atoms with van der Waals surface area (Å²) in [6, 6.07) is 10.6. The number of carbonyl (C=O) groups excluding carboxylic acids is 1. The van der Waals surface area contributed by atoms with Crippen molar-refractivity contribution in [2.45, 2.75) is 25.0 Å². The number of carbonyl (C=O) groups is 1. The Hall–Kier alpha value is -2.94. The molecule has 0 spiro atoms. The average Bonchev–Trinajstić information content (AvgIpc) is 3.21. The molecule has 1 amide bonds. The number of hydrogen-bond donors (Lipinski definition) is 0. The third-order valence-corrected chi connectivity index (χ3v) is 6.20. The number of hydrogen-bond acceptors (Lipinski definition) is 6. The van der Waals surface area contributed by atoms with Crippen molar-refractivity contribution in [3.05, 3.63) is 54.6 Å². The molecule has 0 aliphatic carbocycles. The standard InChI is InChI=1S/C22H25FN6OS/c1-2-11-29-21(17-7-9-24-10-8-17)25-26-22(29)31-16-20(30)28-14-12-27(13-15-28)19-6-4-3-5-18(19)23/h3-10H,2,11-16H2,1H3. The van der Waals surface area contributed by atoms with E-state index in [0.717, 1.165) is 29.5 Å². The van der Waals surface area contributed by atoms with Crippen LogP contribution in [0.15, 0.2) is 53.9 Å². The van der Waals surface area contributed by atoms with E-state index in [9.17, 15) is 9.18 Å². The van der Waals surface area contributed by atoms with Gasteiger partial charge < -0.3 is 14.4 Å². The lowest BCUT2D eigenvalue weighted by Crippen LogP contribution is -2.49. The molecule has 7 nitrogen and oxygen atoms in total. The molecule has 1 saturated heterocycles. The number of benzene rings is 1. The third kappa shape index (κ3) is 4.87. The van der Waals surface area contributed by atoms with E-state index in [-0.39, 0.29) is 11.7 Å². The second-order valence-corrected chi connectivity index (χ2v) is 8.24. The third-order valence-electron chi connectivity index (χ3n) is 5.25. The van der Waals surface area contributed by atoms with E-state index in [4.69, 9.17) is 0 Å². The second-order valence-electron chi connectivity index (χ2n) is 7.30. The van der Waals surface area contributed by atoms with Gasteiger partial charge in [-0.2, -0.15) is 0 Å². The van der Waals surface area contributed by atoms with Crippen molar-refractivity contribution in [3.63, 3.8) is 0 Å². The number of amides is 1. The first-order valence-electron chi connectivity index (χ1n) is 10.4. The van der Waals surface area contributed by atoms with Crippen LogP contribution in [0.3, 0.4) is 0 Å². The first-order chi connectivity index (χ1) is 15.2. The molecule has 1 aliphatic rings. The lowest BCUT2D eigenvalue weighted by atomic mass is 10.2. The number of aromatic nitrogens is 4. The van der Waals surface area contributed by atoms with Gasteiger partial charge in [-0.05, 0) is 30.7 Å². The minimum Gasteiger partial charge on any atom is -0.366 e. The molecule has 0 bridgehead atoms. The molecule has 2 aromatic heterocycles. The summed E-state index contributed by atoms with van der Waals surface area (Å²) in [5.74, 6) is 0.934. The number of nitrogens with zero attached hydrogens (tertiary/aromatic N) is 6. The van der Waals surface area contributed by atoms with Crippen LogP contribution in [0, 0.1) is 5.82 Å². The van der Waals surface area contributed by atoms with E-state index in [1.165, 1.54) is 17.8 Å². The number of para-hydroxylation sites is 1. The Bertz CT molecular complexity index is 1020. The number of piperazine rings is 1. The molecule has 0 saturated carbocycles. The van der Waals surface area contributed by atoms with Gasteiger partial charge in [0.1, 0.15) is 5.82 Å². The highest BCUT2D eigenvalue weighted by atomic mass is 32.2. The fourth-order valence-electron chi connectivity index (χ4n) is 3.66. The zero-order chi connectivity index (χ0) is 21.6. The summed E-state index contributed by atoms with van der Waals surface area (Å²) < 4.78 is 16.1. The monoisotopic (exact) mass is 440 g/mol. The molecule has 0 atom stereocenters. The molecule has 31 heavy (non-hydrogen) atoms. The number of pyridine rings is 1. The quantitative estimate of drug-likeness (QED) is 0.525. The van der Waals surface area contributed by atoms with Gasteiger partial charge in [-0.3, -0.25) is 9.78 Å². The highest BCUT2D eigenvalue weighted by Crippen LogP contribution is 2.25. The number of halogens is 1. The molecule has 0 radical (unpaired) electrons. The smallest absolute Gasteiger partial charge is 0.233 e. The van der Waals surface area contributed by atoms with Gasteiger partial charge in [0.25, 0.3) is 0 Å². The van der Waals surface area contributed by atoms with Gasteiger partial charge >= 0.3 is 0 Å². The highest BCUT2D eigenvalue weighted by molar-refractivity contribution is 7.99. The van der Waals surface area contributed by atoms with Gasteiger partial charge in [-0.15, -0.1) is 10.2 Å². The van der Waals surface area contributed by atoms with E-state index in [2.05, 4.69) is 26.7 Å². The summed E-state index contributed by atoms with van der Waals surface area (Å²) in [5, 5.41) is 9.41. The zero-order valence-corrected chi connectivity index (χ0v) is 18.3. The molecule has 3 heterocycles. The zero-order valence-electron chi connectivity index (χ0n) is 17.4. The van der Waals surface area contributed by atoms with Crippen LogP contribution in [-0.4, -0.2) is 62.5 Å². The van der Waals surface area contributed by atoms with Crippen LogP contribution >= 0.6 is 11.8 Å². The van der Waals surface area contributed by atoms with E-state index in [1.807, 2.05) is 28.0 Å². The SMILES string of the molecule is CCCn1c(SCC(=O)N2CCN(c3ccccc3F)CC2)nnc1-c1ccncc1. The maximum atomic E-state index is 14.0. The summed E-state index contributed by atoms with van der Waals surface area (Å²) in [6.45, 7) is 5.29. The molecule has 3 aromatic rings. The molecule has 1 fully saturated rings. The molecular weight excluding hydrogens is 415 g/mol. The summed E-state index contributed by atoms with van der Waals surface area (Å²) in [6.07, 6.45) is 4.41. The van der Waals surface area contributed by atoms with E-state index in [1.54, 1.807) is 24.5 Å². The topological polar surface area (TPSA) is 67.2 Å². The Balaban J connectivity index is 1.36. The predicted molar refractivity (Wildman–Crippen MR) is 119 cm³/mol. The van der Waals surface area contributed by atoms with Crippen LogP contribution in [0.5, 0.6) is 0 Å². The summed E-state index contributed by atoms with van der Waals surface area (Å²) in [5.41, 5.74) is 1.55. The van der Waals surface area contributed by atoms with Crippen LogP contribution in [0.1, 0.15) is 13.3 Å². The van der Waals surface area contributed by atoms with Crippen LogP contribution in [0.25, 0.3) is 11.4 Å². The van der Waals surface area contributed by atoms with E-state index in [0.29, 0.717) is 37.6 Å². The van der Waals surface area contributed by atoms with Crippen LogP contribution in [-0.2, 0) is 11.3 Å². The lowest BCUT2D eigenvalue weighted by molar-refractivity contribution is -0.128.